The lowest BCUT2D eigenvalue weighted by atomic mass is 10.1. The number of aromatic nitrogens is 1. The number of nitrogens with zero attached hydrogens (tertiary/aromatic N) is 3. The largest absolute Gasteiger partial charge is 0.383 e. The van der Waals surface area contributed by atoms with Crippen LogP contribution in [-0.2, 0) is 30.4 Å². The van der Waals surface area contributed by atoms with Crippen LogP contribution >= 0.6 is 27.7 Å². The van der Waals surface area contributed by atoms with Crippen molar-refractivity contribution in [3.05, 3.63) is 39.3 Å². The summed E-state index contributed by atoms with van der Waals surface area (Å²) in [6, 6.07) is 5.65. The molecule has 4 rings (SSSR count). The van der Waals surface area contributed by atoms with Crippen molar-refractivity contribution in [2.75, 3.05) is 53.1 Å². The average Bonchev–Trinajstić information content (AvgIpc) is 3.30. The van der Waals surface area contributed by atoms with E-state index in [1.807, 2.05) is 18.2 Å². The second kappa shape index (κ2) is 11.4. The Morgan fingerprint density at radius 2 is 2.00 bits per heavy atom. The highest BCUT2D eigenvalue weighted by Crippen LogP contribution is 2.34. The van der Waals surface area contributed by atoms with Gasteiger partial charge in [0.1, 0.15) is 13.1 Å². The number of morpholine rings is 1. The molecule has 12 heteroatoms. The van der Waals surface area contributed by atoms with Crippen LogP contribution in [0.4, 0.5) is 4.79 Å². The van der Waals surface area contributed by atoms with E-state index >= 15 is 0 Å². The fourth-order valence-electron chi connectivity index (χ4n) is 3.87. The molecule has 0 bridgehead atoms. The summed E-state index contributed by atoms with van der Waals surface area (Å²) >= 11 is 4.27. The summed E-state index contributed by atoms with van der Waals surface area (Å²) in [6.07, 6.45) is 3.41. The first-order valence-electron chi connectivity index (χ1n) is 11.0. The number of nitrogens with one attached hydrogen (secondary N) is 1. The normalized spacial score (nSPS) is 17.6. The van der Waals surface area contributed by atoms with Crippen LogP contribution in [-0.4, -0.2) is 90.4 Å². The molecule has 35 heavy (non-hydrogen) atoms. The summed E-state index contributed by atoms with van der Waals surface area (Å²) in [5.74, 6) is -0.956. The molecule has 0 aliphatic carbocycles. The van der Waals surface area contributed by atoms with E-state index in [-0.39, 0.29) is 29.8 Å². The summed E-state index contributed by atoms with van der Waals surface area (Å²) in [7, 11) is 1.57. The molecule has 10 nitrogen and oxygen atoms in total. The van der Waals surface area contributed by atoms with Crippen LogP contribution in [0.5, 0.6) is 0 Å². The molecule has 1 N–H and O–H groups in total. The molecule has 2 aromatic rings. The van der Waals surface area contributed by atoms with Crippen molar-refractivity contribution in [2.24, 2.45) is 0 Å². The highest BCUT2D eigenvalue weighted by Gasteiger charge is 2.37. The maximum atomic E-state index is 13.0. The van der Waals surface area contributed by atoms with Crippen molar-refractivity contribution in [1.82, 2.24) is 19.7 Å². The lowest BCUT2D eigenvalue weighted by Gasteiger charge is -2.28. The maximum absolute atomic E-state index is 13.0. The van der Waals surface area contributed by atoms with E-state index in [0.29, 0.717) is 45.0 Å². The summed E-state index contributed by atoms with van der Waals surface area (Å²) < 4.78 is 12.8. The number of ether oxygens (including phenoxy) is 2. The minimum absolute atomic E-state index is 0.0885. The van der Waals surface area contributed by atoms with Crippen LogP contribution in [0, 0.1) is 0 Å². The first-order valence-corrected chi connectivity index (χ1v) is 12.6. The Bertz CT molecular complexity index is 1190. The lowest BCUT2D eigenvalue weighted by molar-refractivity contribution is -0.139. The number of amides is 4. The highest BCUT2D eigenvalue weighted by molar-refractivity contribution is 9.10. The third-order valence-corrected chi connectivity index (χ3v) is 7.03. The molecule has 0 unspecified atom stereocenters. The van der Waals surface area contributed by atoms with E-state index in [2.05, 4.69) is 21.2 Å². The van der Waals surface area contributed by atoms with Crippen LogP contribution in [0.25, 0.3) is 17.0 Å². The molecule has 186 valence electrons. The molecule has 1 aromatic heterocycles. The minimum atomic E-state index is -0.505. The Morgan fingerprint density at radius 3 is 2.74 bits per heavy atom. The predicted molar refractivity (Wildman–Crippen MR) is 135 cm³/mol. The van der Waals surface area contributed by atoms with E-state index in [0.717, 1.165) is 32.0 Å². The zero-order chi connectivity index (χ0) is 24.9. The van der Waals surface area contributed by atoms with Crippen LogP contribution in [0.2, 0.25) is 0 Å². The Labute approximate surface area is 214 Å². The van der Waals surface area contributed by atoms with E-state index < -0.39 is 11.1 Å². The van der Waals surface area contributed by atoms with Gasteiger partial charge in [0.15, 0.2) is 0 Å². The molecule has 0 saturated carbocycles. The number of fused-ring (bicyclic) bond motifs is 1. The maximum Gasteiger partial charge on any atom is 0.294 e. The van der Waals surface area contributed by atoms with Crippen molar-refractivity contribution in [3.8, 4) is 0 Å². The van der Waals surface area contributed by atoms with Crippen molar-refractivity contribution in [1.29, 1.82) is 0 Å². The van der Waals surface area contributed by atoms with Gasteiger partial charge in [-0.05, 0) is 36.0 Å². The Morgan fingerprint density at radius 1 is 1.23 bits per heavy atom. The van der Waals surface area contributed by atoms with Crippen LogP contribution in [0.15, 0.2) is 33.8 Å². The van der Waals surface area contributed by atoms with Gasteiger partial charge in [-0.2, -0.15) is 0 Å². The number of imide groups is 1. The Balaban J connectivity index is 1.55. The predicted octanol–water partition coefficient (Wildman–Crippen LogP) is 2.06. The number of halogens is 1. The molecule has 3 heterocycles. The number of hydrogen-bond donors (Lipinski definition) is 1. The lowest BCUT2D eigenvalue weighted by Crippen LogP contribution is -2.46. The monoisotopic (exact) mass is 564 g/mol. The van der Waals surface area contributed by atoms with E-state index in [1.54, 1.807) is 28.8 Å². The van der Waals surface area contributed by atoms with Gasteiger partial charge in [0.25, 0.3) is 11.1 Å². The number of thioether (sulfide) groups is 1. The second-order valence-corrected chi connectivity index (χ2v) is 9.89. The number of benzene rings is 1. The molecule has 2 aliphatic rings. The Hall–Kier alpha value is -2.67. The molecule has 0 radical (unpaired) electrons. The number of methoxy groups -OCH3 is 1. The first-order chi connectivity index (χ1) is 16.9. The fraction of sp³-hybridized carbons (Fsp3) is 0.391. The van der Waals surface area contributed by atoms with Gasteiger partial charge in [0.2, 0.25) is 11.8 Å². The van der Waals surface area contributed by atoms with Gasteiger partial charge in [-0.1, -0.05) is 15.9 Å². The summed E-state index contributed by atoms with van der Waals surface area (Å²) in [6.45, 7) is 2.39. The van der Waals surface area contributed by atoms with Gasteiger partial charge >= 0.3 is 0 Å². The molecular formula is C23H25BrN4O6S. The number of carbonyl (C=O) groups is 4. The van der Waals surface area contributed by atoms with Gasteiger partial charge in [-0.15, -0.1) is 0 Å². The van der Waals surface area contributed by atoms with Gasteiger partial charge in [-0.25, -0.2) is 0 Å². The van der Waals surface area contributed by atoms with Gasteiger partial charge in [0, 0.05) is 53.9 Å². The van der Waals surface area contributed by atoms with Crippen LogP contribution in [0.3, 0.4) is 0 Å². The molecule has 0 spiro atoms. The summed E-state index contributed by atoms with van der Waals surface area (Å²) in [4.78, 5) is 53.3. The molecule has 0 atom stereocenters. The molecular weight excluding hydrogens is 540 g/mol. The summed E-state index contributed by atoms with van der Waals surface area (Å²) in [5, 5.41) is 3.13. The second-order valence-electron chi connectivity index (χ2n) is 7.98. The smallest absolute Gasteiger partial charge is 0.294 e. The topological polar surface area (TPSA) is 110 Å². The van der Waals surface area contributed by atoms with E-state index in [1.165, 1.54) is 0 Å². The van der Waals surface area contributed by atoms with Gasteiger partial charge in [-0.3, -0.25) is 24.1 Å². The number of carbonyl (C=O) groups excluding carboxylic acids is 4. The quantitative estimate of drug-likeness (QED) is 0.386. The van der Waals surface area contributed by atoms with Crippen molar-refractivity contribution >= 4 is 67.6 Å². The third kappa shape index (κ3) is 5.95. The van der Waals surface area contributed by atoms with Crippen LogP contribution in [0.1, 0.15) is 5.56 Å². The van der Waals surface area contributed by atoms with E-state index in [9.17, 15) is 19.2 Å². The molecule has 1 aromatic carbocycles. The highest BCUT2D eigenvalue weighted by atomic mass is 79.9. The number of hydrogen-bond acceptors (Lipinski definition) is 7. The molecule has 4 amide bonds. The third-order valence-electron chi connectivity index (χ3n) is 5.63. The number of rotatable bonds is 8. The molecule has 2 saturated heterocycles. The summed E-state index contributed by atoms with van der Waals surface area (Å²) in [5.41, 5.74) is 1.50. The van der Waals surface area contributed by atoms with Crippen molar-refractivity contribution in [3.63, 3.8) is 0 Å². The van der Waals surface area contributed by atoms with Crippen molar-refractivity contribution in [2.45, 2.75) is 6.54 Å². The zero-order valence-electron chi connectivity index (χ0n) is 19.1. The van der Waals surface area contributed by atoms with Gasteiger partial charge in [0.05, 0.1) is 24.7 Å². The van der Waals surface area contributed by atoms with Crippen molar-refractivity contribution < 1.29 is 28.7 Å². The van der Waals surface area contributed by atoms with Gasteiger partial charge < -0.3 is 24.3 Å². The SMILES string of the molecule is COCCNC(=O)Cn1cc(/C=C2\SC(=O)N(CC(=O)N3CCOCC3)C2=O)c2cc(Br)ccc21. The standard InChI is InChI=1S/C23H25BrN4O6S/c1-33-7-4-25-20(29)13-27-12-15(17-11-16(24)2-3-18(17)27)10-19-22(31)28(23(32)35-19)14-21(30)26-5-8-34-9-6-26/h2-3,10-12H,4-9,13-14H2,1H3,(H,25,29)/b19-10-. The average molecular weight is 565 g/mol. The first kappa shape index (κ1) is 25.4. The zero-order valence-corrected chi connectivity index (χ0v) is 21.5. The fourth-order valence-corrected chi connectivity index (χ4v) is 5.06. The molecule has 2 aliphatic heterocycles. The van der Waals surface area contributed by atoms with E-state index in [4.69, 9.17) is 9.47 Å². The minimum Gasteiger partial charge on any atom is -0.383 e. The molecule has 2 fully saturated rings. The van der Waals surface area contributed by atoms with Crippen LogP contribution < -0.4 is 5.32 Å². The Kier molecular flexibility index (Phi) is 8.26.